The number of anilines is 1. The summed E-state index contributed by atoms with van der Waals surface area (Å²) in [6.45, 7) is 7.04. The van der Waals surface area contributed by atoms with Crippen LogP contribution < -0.4 is 11.0 Å². The molecule has 4 atom stereocenters. The van der Waals surface area contributed by atoms with Crippen LogP contribution in [0.1, 0.15) is 39.8 Å². The molecule has 116 valence electrons. The van der Waals surface area contributed by atoms with Crippen LogP contribution >= 0.6 is 8.86 Å². The molecule has 2 rings (SSSR count). The lowest BCUT2D eigenvalue weighted by Gasteiger charge is -2.19. The van der Waals surface area contributed by atoms with Crippen molar-refractivity contribution >= 4 is 20.5 Å². The molecule has 21 heavy (non-hydrogen) atoms. The lowest BCUT2D eigenvalue weighted by Crippen LogP contribution is -2.30. The van der Waals surface area contributed by atoms with Crippen molar-refractivity contribution in [2.75, 3.05) is 11.9 Å². The molecule has 4 unspecified atom stereocenters. The zero-order chi connectivity index (χ0) is 15.4. The SMILES string of the molecule is CCNc1ccn(C2OC(CC=P)C(CC)C2C)c(=O)n1. The van der Waals surface area contributed by atoms with E-state index in [2.05, 4.69) is 33.0 Å². The highest BCUT2D eigenvalue weighted by molar-refractivity contribution is 7.18. The van der Waals surface area contributed by atoms with Gasteiger partial charge in [0.15, 0.2) is 0 Å². The second-order valence-corrected chi connectivity index (χ2v) is 5.88. The Morgan fingerprint density at radius 1 is 1.52 bits per heavy atom. The molecule has 1 aliphatic rings. The van der Waals surface area contributed by atoms with Crippen LogP contribution in [0.2, 0.25) is 0 Å². The van der Waals surface area contributed by atoms with Gasteiger partial charge in [0.25, 0.3) is 0 Å². The van der Waals surface area contributed by atoms with Gasteiger partial charge in [0, 0.05) is 18.7 Å². The first-order valence-corrected chi connectivity index (χ1v) is 8.17. The van der Waals surface area contributed by atoms with Gasteiger partial charge in [-0.2, -0.15) is 4.98 Å². The van der Waals surface area contributed by atoms with Crippen LogP contribution in [0.25, 0.3) is 0 Å². The van der Waals surface area contributed by atoms with Gasteiger partial charge in [0.05, 0.1) is 6.10 Å². The van der Waals surface area contributed by atoms with Gasteiger partial charge in [-0.3, -0.25) is 4.57 Å². The summed E-state index contributed by atoms with van der Waals surface area (Å²) in [4.78, 5) is 16.3. The average molecular weight is 309 g/mol. The Bertz CT molecular complexity index is 546. The Morgan fingerprint density at radius 3 is 2.86 bits per heavy atom. The van der Waals surface area contributed by atoms with Crippen LogP contribution in [0.4, 0.5) is 5.82 Å². The second-order valence-electron chi connectivity index (χ2n) is 5.47. The molecular formula is C15H24N3O2P. The van der Waals surface area contributed by atoms with Crippen molar-refractivity contribution in [2.24, 2.45) is 11.8 Å². The minimum absolute atomic E-state index is 0.146. The van der Waals surface area contributed by atoms with E-state index in [9.17, 15) is 4.79 Å². The minimum Gasteiger partial charge on any atom is -0.370 e. The van der Waals surface area contributed by atoms with Crippen molar-refractivity contribution < 1.29 is 4.74 Å². The fourth-order valence-corrected chi connectivity index (χ4v) is 3.37. The second kappa shape index (κ2) is 7.19. The van der Waals surface area contributed by atoms with Gasteiger partial charge in [0.1, 0.15) is 12.0 Å². The molecule has 1 fully saturated rings. The summed E-state index contributed by atoms with van der Waals surface area (Å²) >= 11 is 0. The molecule has 1 saturated heterocycles. The zero-order valence-electron chi connectivity index (χ0n) is 12.9. The molecule has 2 heterocycles. The van der Waals surface area contributed by atoms with Crippen molar-refractivity contribution in [1.82, 2.24) is 9.55 Å². The summed E-state index contributed by atoms with van der Waals surface area (Å²) in [5.74, 6) is 3.29. The third-order valence-corrected chi connectivity index (χ3v) is 4.44. The van der Waals surface area contributed by atoms with E-state index in [0.29, 0.717) is 11.7 Å². The van der Waals surface area contributed by atoms with Crippen molar-refractivity contribution in [3.8, 4) is 0 Å². The molecule has 1 N–H and O–H groups in total. The van der Waals surface area contributed by atoms with Gasteiger partial charge in [-0.15, -0.1) is 8.86 Å². The van der Waals surface area contributed by atoms with Gasteiger partial charge >= 0.3 is 5.69 Å². The van der Waals surface area contributed by atoms with Crippen molar-refractivity contribution in [2.45, 2.75) is 45.9 Å². The van der Waals surface area contributed by atoms with Crippen LogP contribution in [0.5, 0.6) is 0 Å². The Balaban J connectivity index is 2.25. The molecule has 0 spiro atoms. The summed E-state index contributed by atoms with van der Waals surface area (Å²) in [5.41, 5.74) is -0.261. The summed E-state index contributed by atoms with van der Waals surface area (Å²) in [7, 11) is 3.41. The molecule has 1 aliphatic heterocycles. The zero-order valence-corrected chi connectivity index (χ0v) is 13.9. The maximum absolute atomic E-state index is 12.2. The monoisotopic (exact) mass is 309 g/mol. The molecule has 0 bridgehead atoms. The number of hydrogen-bond donors (Lipinski definition) is 1. The normalized spacial score (nSPS) is 28.5. The number of ether oxygens (including phenoxy) is 1. The molecule has 5 nitrogen and oxygen atoms in total. The number of rotatable bonds is 6. The molecule has 0 aliphatic carbocycles. The summed E-state index contributed by atoms with van der Waals surface area (Å²) < 4.78 is 7.74. The van der Waals surface area contributed by atoms with Crippen LogP contribution in [0.3, 0.4) is 0 Å². The summed E-state index contributed by atoms with van der Waals surface area (Å²) in [5, 5.41) is 3.05. The van der Waals surface area contributed by atoms with Crippen LogP contribution in [-0.4, -0.2) is 28.0 Å². The molecule has 0 saturated carbocycles. The molecule has 0 radical (unpaired) electrons. The predicted molar refractivity (Wildman–Crippen MR) is 88.5 cm³/mol. The van der Waals surface area contributed by atoms with Gasteiger partial charge in [-0.1, -0.05) is 26.1 Å². The maximum Gasteiger partial charge on any atom is 0.351 e. The average Bonchev–Trinajstić information content (AvgIpc) is 2.76. The summed E-state index contributed by atoms with van der Waals surface area (Å²) in [6, 6.07) is 1.82. The molecular weight excluding hydrogens is 285 g/mol. The molecule has 0 aromatic carbocycles. The molecule has 1 aromatic rings. The van der Waals surface area contributed by atoms with Gasteiger partial charge in [0.2, 0.25) is 0 Å². The first-order valence-electron chi connectivity index (χ1n) is 7.59. The van der Waals surface area contributed by atoms with E-state index >= 15 is 0 Å². The van der Waals surface area contributed by atoms with Crippen LogP contribution in [0, 0.1) is 11.8 Å². The lowest BCUT2D eigenvalue weighted by atomic mass is 9.87. The van der Waals surface area contributed by atoms with Crippen molar-refractivity contribution in [3.63, 3.8) is 0 Å². The maximum atomic E-state index is 12.2. The van der Waals surface area contributed by atoms with E-state index in [4.69, 9.17) is 4.74 Å². The topological polar surface area (TPSA) is 56.2 Å². The smallest absolute Gasteiger partial charge is 0.351 e. The van der Waals surface area contributed by atoms with E-state index in [-0.39, 0.29) is 23.9 Å². The number of nitrogens with one attached hydrogen (secondary N) is 1. The van der Waals surface area contributed by atoms with E-state index < -0.39 is 0 Å². The fourth-order valence-electron chi connectivity index (χ4n) is 3.14. The van der Waals surface area contributed by atoms with Crippen LogP contribution in [0.15, 0.2) is 17.1 Å². The van der Waals surface area contributed by atoms with Crippen molar-refractivity contribution in [3.05, 3.63) is 22.7 Å². The highest BCUT2D eigenvalue weighted by atomic mass is 31.0. The highest BCUT2D eigenvalue weighted by Gasteiger charge is 2.41. The third-order valence-electron chi connectivity index (χ3n) is 4.20. The number of hydrogen-bond acceptors (Lipinski definition) is 4. The van der Waals surface area contributed by atoms with E-state index in [0.717, 1.165) is 19.4 Å². The van der Waals surface area contributed by atoms with Gasteiger partial charge in [-0.05, 0) is 25.3 Å². The Labute approximate surface area is 128 Å². The van der Waals surface area contributed by atoms with E-state index in [1.165, 1.54) is 0 Å². The van der Waals surface area contributed by atoms with Gasteiger partial charge < -0.3 is 10.1 Å². The summed E-state index contributed by atoms with van der Waals surface area (Å²) in [6.07, 6.45) is 3.57. The standard InChI is InChI=1S/C15H24N3O2P/c1-4-11-10(3)14(20-12(11)7-9-21)18-8-6-13(16-5-2)17-15(18)19/h6,8-12,14,21H,4-5,7H2,1-3H3,(H,16,17,19). The van der Waals surface area contributed by atoms with E-state index in [1.807, 2.05) is 18.8 Å². The lowest BCUT2D eigenvalue weighted by molar-refractivity contribution is -0.0123. The molecule has 1 aromatic heterocycles. The Kier molecular flexibility index (Phi) is 5.54. The third kappa shape index (κ3) is 3.35. The number of aromatic nitrogens is 2. The first kappa shape index (κ1) is 16.2. The molecule has 0 amide bonds. The van der Waals surface area contributed by atoms with Crippen molar-refractivity contribution in [1.29, 1.82) is 0 Å². The first-order chi connectivity index (χ1) is 10.1. The van der Waals surface area contributed by atoms with Crippen LogP contribution in [-0.2, 0) is 4.74 Å². The predicted octanol–water partition coefficient (Wildman–Crippen LogP) is 2.57. The number of nitrogens with zero attached hydrogens (tertiary/aromatic N) is 2. The Hall–Kier alpha value is -1.19. The Morgan fingerprint density at radius 2 is 2.29 bits per heavy atom. The largest absolute Gasteiger partial charge is 0.370 e. The molecule has 6 heteroatoms. The quantitative estimate of drug-likeness (QED) is 0.821. The van der Waals surface area contributed by atoms with Gasteiger partial charge in [-0.25, -0.2) is 4.79 Å². The minimum atomic E-state index is -0.261. The highest BCUT2D eigenvalue weighted by Crippen LogP contribution is 2.41. The fraction of sp³-hybridized carbons (Fsp3) is 0.667. The van der Waals surface area contributed by atoms with E-state index in [1.54, 1.807) is 10.8 Å².